The molecule has 0 saturated carbocycles. The lowest BCUT2D eigenvalue weighted by Gasteiger charge is -2.09. The van der Waals surface area contributed by atoms with E-state index in [0.717, 1.165) is 10.8 Å². The maximum absolute atomic E-state index is 12.0. The van der Waals surface area contributed by atoms with E-state index in [1.54, 1.807) is 18.2 Å². The number of hydrazone groups is 1. The zero-order valence-electron chi connectivity index (χ0n) is 13.1. The summed E-state index contributed by atoms with van der Waals surface area (Å²) < 4.78 is 5.50. The van der Waals surface area contributed by atoms with Crippen molar-refractivity contribution in [2.75, 3.05) is 19.0 Å². The summed E-state index contributed by atoms with van der Waals surface area (Å²) in [5.41, 5.74) is 2.51. The number of anilines is 1. The first kappa shape index (κ1) is 17.4. The van der Waals surface area contributed by atoms with E-state index in [9.17, 15) is 4.79 Å². The fourth-order valence-corrected chi connectivity index (χ4v) is 2.66. The highest BCUT2D eigenvalue weighted by molar-refractivity contribution is 8.00. The van der Waals surface area contributed by atoms with E-state index in [-0.39, 0.29) is 11.2 Å². The van der Waals surface area contributed by atoms with Crippen molar-refractivity contribution in [3.05, 3.63) is 47.2 Å². The fraction of sp³-hybridized carbons (Fsp3) is 0.250. The van der Waals surface area contributed by atoms with Crippen LogP contribution in [0.3, 0.4) is 0 Å². The Morgan fingerprint density at radius 2 is 2.00 bits per heavy atom. The molecule has 0 radical (unpaired) electrons. The van der Waals surface area contributed by atoms with Crippen molar-refractivity contribution in [2.45, 2.75) is 17.1 Å². The van der Waals surface area contributed by atoms with Gasteiger partial charge in [0, 0.05) is 30.1 Å². The molecule has 122 valence electrons. The normalized spacial score (nSPS) is 12.3. The van der Waals surface area contributed by atoms with Crippen molar-refractivity contribution in [2.24, 2.45) is 5.10 Å². The molecule has 1 aromatic carbocycles. The largest absolute Gasteiger partial charge is 0.440 e. The molecule has 2 aromatic rings. The highest BCUT2D eigenvalue weighted by Gasteiger charge is 2.13. The molecule has 0 spiro atoms. The molecule has 0 aliphatic carbocycles. The molecule has 0 aliphatic heterocycles. The van der Waals surface area contributed by atoms with Crippen molar-refractivity contribution >= 4 is 41.4 Å². The van der Waals surface area contributed by atoms with Gasteiger partial charge in [0.15, 0.2) is 5.88 Å². The van der Waals surface area contributed by atoms with Crippen molar-refractivity contribution in [1.82, 2.24) is 5.43 Å². The minimum Gasteiger partial charge on any atom is -0.440 e. The number of amides is 1. The number of halogens is 1. The topological polar surface area (TPSA) is 57.8 Å². The van der Waals surface area contributed by atoms with E-state index >= 15 is 0 Å². The summed E-state index contributed by atoms with van der Waals surface area (Å²) in [5, 5.41) is 4.32. The van der Waals surface area contributed by atoms with Gasteiger partial charge in [-0.1, -0.05) is 11.6 Å². The van der Waals surface area contributed by atoms with Gasteiger partial charge < -0.3 is 9.32 Å². The molecule has 1 N–H and O–H groups in total. The maximum Gasteiger partial charge on any atom is 0.253 e. The number of furan rings is 1. The third kappa shape index (κ3) is 5.33. The smallest absolute Gasteiger partial charge is 0.253 e. The predicted octanol–water partition coefficient (Wildman–Crippen LogP) is 3.63. The SMILES string of the molecule is C[C@H](Sc1ccc(Cl)cc1)C(=O)N/N=C\c1ccc(N(C)C)o1. The molecular weight excluding hydrogens is 334 g/mol. The van der Waals surface area contributed by atoms with Crippen LogP contribution in [-0.4, -0.2) is 31.5 Å². The standard InChI is InChI=1S/C16H18ClN3O2S/c1-11(23-14-7-4-12(17)5-8-14)16(21)19-18-10-13-6-9-15(22-13)20(2)3/h4-11H,1-3H3,(H,19,21)/b18-10-/t11-/m0/s1. The summed E-state index contributed by atoms with van der Waals surface area (Å²) in [6, 6.07) is 11.0. The van der Waals surface area contributed by atoms with Gasteiger partial charge in [0.1, 0.15) is 5.76 Å². The number of nitrogens with one attached hydrogen (secondary N) is 1. The summed E-state index contributed by atoms with van der Waals surface area (Å²) in [5.74, 6) is 1.12. The summed E-state index contributed by atoms with van der Waals surface area (Å²) in [6.45, 7) is 1.82. The molecule has 1 aromatic heterocycles. The average Bonchev–Trinajstić information content (AvgIpc) is 2.98. The molecule has 5 nitrogen and oxygen atoms in total. The van der Waals surface area contributed by atoms with Crippen LogP contribution in [0.25, 0.3) is 0 Å². The second-order valence-corrected chi connectivity index (χ2v) is 6.87. The summed E-state index contributed by atoms with van der Waals surface area (Å²) in [7, 11) is 3.77. The number of carbonyl (C=O) groups is 1. The van der Waals surface area contributed by atoms with Crippen LogP contribution in [0.2, 0.25) is 5.02 Å². The van der Waals surface area contributed by atoms with E-state index < -0.39 is 0 Å². The zero-order valence-corrected chi connectivity index (χ0v) is 14.7. The van der Waals surface area contributed by atoms with E-state index in [0.29, 0.717) is 10.8 Å². The number of hydrogen-bond donors (Lipinski definition) is 1. The number of nitrogens with zero attached hydrogens (tertiary/aromatic N) is 2. The molecule has 0 fully saturated rings. The van der Waals surface area contributed by atoms with Gasteiger partial charge in [0.25, 0.3) is 5.91 Å². The second-order valence-electron chi connectivity index (χ2n) is 5.02. The van der Waals surface area contributed by atoms with Crippen molar-refractivity contribution in [1.29, 1.82) is 0 Å². The maximum atomic E-state index is 12.0. The van der Waals surface area contributed by atoms with Gasteiger partial charge in [0.05, 0.1) is 11.5 Å². The third-order valence-corrected chi connectivity index (χ3v) is 4.28. The van der Waals surface area contributed by atoms with Gasteiger partial charge in [-0.2, -0.15) is 5.10 Å². The van der Waals surface area contributed by atoms with Crippen molar-refractivity contribution in [3.8, 4) is 0 Å². The van der Waals surface area contributed by atoms with Gasteiger partial charge in [-0.3, -0.25) is 4.79 Å². The number of thioether (sulfide) groups is 1. The Labute approximate surface area is 144 Å². The van der Waals surface area contributed by atoms with Crippen LogP contribution in [0.5, 0.6) is 0 Å². The van der Waals surface area contributed by atoms with Gasteiger partial charge in [-0.15, -0.1) is 11.8 Å². The summed E-state index contributed by atoms with van der Waals surface area (Å²) in [4.78, 5) is 14.8. The van der Waals surface area contributed by atoms with Crippen molar-refractivity contribution in [3.63, 3.8) is 0 Å². The van der Waals surface area contributed by atoms with Gasteiger partial charge in [0.2, 0.25) is 0 Å². The Balaban J connectivity index is 1.85. The molecule has 1 atom stereocenters. The van der Waals surface area contributed by atoms with E-state index in [4.69, 9.17) is 16.0 Å². The highest BCUT2D eigenvalue weighted by Crippen LogP contribution is 2.24. The van der Waals surface area contributed by atoms with E-state index in [1.807, 2.05) is 44.1 Å². The molecule has 7 heteroatoms. The van der Waals surface area contributed by atoms with Gasteiger partial charge >= 0.3 is 0 Å². The molecule has 0 aliphatic rings. The van der Waals surface area contributed by atoms with Crippen molar-refractivity contribution < 1.29 is 9.21 Å². The number of benzene rings is 1. The Bertz CT molecular complexity index is 683. The lowest BCUT2D eigenvalue weighted by Crippen LogP contribution is -2.26. The average molecular weight is 352 g/mol. The van der Waals surface area contributed by atoms with Crippen LogP contribution in [-0.2, 0) is 4.79 Å². The first-order valence-corrected chi connectivity index (χ1v) is 8.24. The second kappa shape index (κ2) is 8.08. The Morgan fingerprint density at radius 3 is 2.61 bits per heavy atom. The first-order chi connectivity index (χ1) is 11.0. The highest BCUT2D eigenvalue weighted by atomic mass is 35.5. The minimum absolute atomic E-state index is 0.180. The van der Waals surface area contributed by atoms with Crippen LogP contribution < -0.4 is 10.3 Å². The van der Waals surface area contributed by atoms with Crippen LogP contribution >= 0.6 is 23.4 Å². The minimum atomic E-state index is -0.276. The Hall–Kier alpha value is -1.92. The molecule has 1 amide bonds. The van der Waals surface area contributed by atoms with Crippen LogP contribution in [0, 0.1) is 0 Å². The lowest BCUT2D eigenvalue weighted by atomic mass is 10.4. The van der Waals surface area contributed by atoms with Crippen LogP contribution in [0.15, 0.2) is 50.8 Å². The quantitative estimate of drug-likeness (QED) is 0.490. The predicted molar refractivity (Wildman–Crippen MR) is 95.5 cm³/mol. The molecule has 1 heterocycles. The number of carbonyl (C=O) groups excluding carboxylic acids is 1. The molecule has 0 bridgehead atoms. The third-order valence-electron chi connectivity index (χ3n) is 2.92. The number of rotatable bonds is 6. The van der Waals surface area contributed by atoms with Gasteiger partial charge in [-0.25, -0.2) is 5.43 Å². The van der Waals surface area contributed by atoms with E-state index in [2.05, 4.69) is 10.5 Å². The molecule has 0 saturated heterocycles. The zero-order chi connectivity index (χ0) is 16.8. The summed E-state index contributed by atoms with van der Waals surface area (Å²) in [6.07, 6.45) is 1.48. The Kier molecular flexibility index (Phi) is 6.12. The summed E-state index contributed by atoms with van der Waals surface area (Å²) >= 11 is 7.28. The molecule has 23 heavy (non-hydrogen) atoms. The molecule has 0 unspecified atom stereocenters. The first-order valence-electron chi connectivity index (χ1n) is 6.98. The Morgan fingerprint density at radius 1 is 1.30 bits per heavy atom. The molecular formula is C16H18ClN3O2S. The van der Waals surface area contributed by atoms with Crippen LogP contribution in [0.1, 0.15) is 12.7 Å². The molecule has 2 rings (SSSR count). The van der Waals surface area contributed by atoms with Crippen LogP contribution in [0.4, 0.5) is 5.88 Å². The van der Waals surface area contributed by atoms with Gasteiger partial charge in [-0.05, 0) is 37.3 Å². The monoisotopic (exact) mass is 351 g/mol. The fourth-order valence-electron chi connectivity index (χ4n) is 1.67. The number of hydrogen-bond acceptors (Lipinski definition) is 5. The lowest BCUT2D eigenvalue weighted by molar-refractivity contribution is -0.120. The van der Waals surface area contributed by atoms with E-state index in [1.165, 1.54) is 18.0 Å².